The topological polar surface area (TPSA) is 34.1 Å². The molecule has 1 aromatic rings. The van der Waals surface area contributed by atoms with Crippen LogP contribution in [0.5, 0.6) is 0 Å². The highest BCUT2D eigenvalue weighted by molar-refractivity contribution is 6.37. The Bertz CT molecular complexity index is 519. The molecule has 0 amide bonds. The van der Waals surface area contributed by atoms with Crippen molar-refractivity contribution in [2.24, 2.45) is 0 Å². The summed E-state index contributed by atoms with van der Waals surface area (Å²) in [6, 6.07) is 9.30. The van der Waals surface area contributed by atoms with Gasteiger partial charge < -0.3 is 0 Å². The van der Waals surface area contributed by atoms with Gasteiger partial charge in [-0.15, -0.1) is 0 Å². The van der Waals surface area contributed by atoms with Crippen LogP contribution in [0, 0.1) is 0 Å². The van der Waals surface area contributed by atoms with Gasteiger partial charge in [0.25, 0.3) is 0 Å². The zero-order chi connectivity index (χ0) is 11.7. The average molecular weight is 212 g/mol. The molecule has 80 valence electrons. The number of carbonyl (C=O) groups excluding carboxylic acids is 2. The molecule has 2 rings (SSSR count). The van der Waals surface area contributed by atoms with E-state index in [1.54, 1.807) is 13.8 Å². The molecule has 0 atom stereocenters. The maximum atomic E-state index is 11.9. The molecule has 0 spiro atoms. The summed E-state index contributed by atoms with van der Waals surface area (Å²) in [6.07, 6.45) is 1.41. The van der Waals surface area contributed by atoms with E-state index in [0.29, 0.717) is 16.7 Å². The molecule has 0 radical (unpaired) electrons. The summed E-state index contributed by atoms with van der Waals surface area (Å²) in [7, 11) is 0. The molecule has 1 aliphatic rings. The lowest BCUT2D eigenvalue weighted by Gasteiger charge is -2.14. The smallest absolute Gasteiger partial charge is 0.187 e. The summed E-state index contributed by atoms with van der Waals surface area (Å²) in [4.78, 5) is 23.7. The van der Waals surface area contributed by atoms with Crippen LogP contribution in [0.3, 0.4) is 0 Å². The number of benzene rings is 1. The van der Waals surface area contributed by atoms with E-state index >= 15 is 0 Å². The van der Waals surface area contributed by atoms with Gasteiger partial charge in [0.15, 0.2) is 11.6 Å². The van der Waals surface area contributed by atoms with Crippen LogP contribution >= 0.6 is 0 Å². The summed E-state index contributed by atoms with van der Waals surface area (Å²) >= 11 is 0. The zero-order valence-corrected chi connectivity index (χ0v) is 9.28. The Hall–Kier alpha value is -1.96. The van der Waals surface area contributed by atoms with Crippen molar-refractivity contribution in [2.75, 3.05) is 0 Å². The first-order valence-corrected chi connectivity index (χ1v) is 5.15. The molecule has 0 bridgehead atoms. The fraction of sp³-hybridized carbons (Fsp3) is 0.143. The molecule has 2 heteroatoms. The summed E-state index contributed by atoms with van der Waals surface area (Å²) in [5, 5.41) is 0. The Labute approximate surface area is 94.3 Å². The standard InChI is InChI=1S/C14H12O2/c1-9-8-12(15)13(10(2)14(9)16)11-6-4-3-5-7-11/h3-8H,1-2H3. The molecule has 0 saturated heterocycles. The number of hydrogen-bond donors (Lipinski definition) is 0. The largest absolute Gasteiger partial charge is 0.289 e. The summed E-state index contributed by atoms with van der Waals surface area (Å²) in [6.45, 7) is 3.38. The van der Waals surface area contributed by atoms with E-state index in [1.165, 1.54) is 6.08 Å². The maximum absolute atomic E-state index is 11.9. The van der Waals surface area contributed by atoms with E-state index in [2.05, 4.69) is 0 Å². The van der Waals surface area contributed by atoms with E-state index < -0.39 is 0 Å². The Kier molecular flexibility index (Phi) is 2.57. The molecule has 1 aromatic carbocycles. The van der Waals surface area contributed by atoms with E-state index in [9.17, 15) is 9.59 Å². The van der Waals surface area contributed by atoms with Crippen LogP contribution in [-0.2, 0) is 9.59 Å². The monoisotopic (exact) mass is 212 g/mol. The second-order valence-electron chi connectivity index (χ2n) is 3.89. The highest BCUT2D eigenvalue weighted by atomic mass is 16.1. The van der Waals surface area contributed by atoms with E-state index in [0.717, 1.165) is 5.56 Å². The number of ketones is 2. The van der Waals surface area contributed by atoms with Gasteiger partial charge in [0, 0.05) is 16.7 Å². The molecule has 0 heterocycles. The summed E-state index contributed by atoms with van der Waals surface area (Å²) in [5.41, 5.74) is 2.39. The number of rotatable bonds is 1. The molecule has 16 heavy (non-hydrogen) atoms. The van der Waals surface area contributed by atoms with Crippen molar-refractivity contribution in [3.63, 3.8) is 0 Å². The SMILES string of the molecule is CC1=CC(=O)C(c2ccccc2)=C(C)C1=O. The number of hydrogen-bond acceptors (Lipinski definition) is 2. The second-order valence-corrected chi connectivity index (χ2v) is 3.89. The lowest BCUT2D eigenvalue weighted by molar-refractivity contribution is -0.114. The first-order valence-electron chi connectivity index (χ1n) is 5.15. The van der Waals surface area contributed by atoms with Gasteiger partial charge in [-0.25, -0.2) is 0 Å². The fourth-order valence-corrected chi connectivity index (χ4v) is 1.89. The maximum Gasteiger partial charge on any atom is 0.187 e. The highest BCUT2D eigenvalue weighted by Crippen LogP contribution is 2.26. The van der Waals surface area contributed by atoms with E-state index in [1.807, 2.05) is 30.3 Å². The van der Waals surface area contributed by atoms with Crippen LogP contribution in [0.1, 0.15) is 19.4 Å². The predicted octanol–water partition coefficient (Wildman–Crippen LogP) is 2.56. The van der Waals surface area contributed by atoms with Crippen molar-refractivity contribution >= 4 is 17.1 Å². The van der Waals surface area contributed by atoms with Crippen LogP contribution in [0.15, 0.2) is 47.6 Å². The van der Waals surface area contributed by atoms with Crippen molar-refractivity contribution in [1.82, 2.24) is 0 Å². The third-order valence-electron chi connectivity index (χ3n) is 2.73. The molecule has 1 aliphatic carbocycles. The molecule has 0 saturated carbocycles. The lowest BCUT2D eigenvalue weighted by Crippen LogP contribution is -2.15. The van der Waals surface area contributed by atoms with Gasteiger partial charge in [-0.05, 0) is 25.5 Å². The van der Waals surface area contributed by atoms with Crippen molar-refractivity contribution < 1.29 is 9.59 Å². The van der Waals surface area contributed by atoms with Gasteiger partial charge in [0.2, 0.25) is 0 Å². The van der Waals surface area contributed by atoms with Crippen LogP contribution in [-0.4, -0.2) is 11.6 Å². The van der Waals surface area contributed by atoms with Crippen LogP contribution in [0.2, 0.25) is 0 Å². The molecule has 0 fully saturated rings. The Morgan fingerprint density at radius 2 is 1.56 bits per heavy atom. The third kappa shape index (κ3) is 1.63. The van der Waals surface area contributed by atoms with Gasteiger partial charge >= 0.3 is 0 Å². The summed E-state index contributed by atoms with van der Waals surface area (Å²) < 4.78 is 0. The molecular formula is C14H12O2. The quantitative estimate of drug-likeness (QED) is 0.670. The molecule has 0 aromatic heterocycles. The lowest BCUT2D eigenvalue weighted by atomic mass is 9.87. The molecule has 2 nitrogen and oxygen atoms in total. The average Bonchev–Trinajstić information content (AvgIpc) is 2.28. The number of carbonyl (C=O) groups is 2. The Morgan fingerprint density at radius 1 is 0.938 bits per heavy atom. The Balaban J connectivity index is 2.57. The highest BCUT2D eigenvalue weighted by Gasteiger charge is 2.23. The normalized spacial score (nSPS) is 16.5. The number of Topliss-reactive ketones (excluding diaryl/α,β-unsaturated/α-hetero) is 1. The van der Waals surface area contributed by atoms with Gasteiger partial charge in [-0.2, -0.15) is 0 Å². The second kappa shape index (κ2) is 3.89. The van der Waals surface area contributed by atoms with Gasteiger partial charge in [0.05, 0.1) is 0 Å². The predicted molar refractivity (Wildman–Crippen MR) is 62.8 cm³/mol. The first-order chi connectivity index (χ1) is 7.61. The minimum absolute atomic E-state index is 0.0431. The van der Waals surface area contributed by atoms with Crippen LogP contribution < -0.4 is 0 Å². The molecule has 0 unspecified atom stereocenters. The van der Waals surface area contributed by atoms with Crippen molar-refractivity contribution in [2.45, 2.75) is 13.8 Å². The number of allylic oxidation sites excluding steroid dienone is 4. The third-order valence-corrected chi connectivity index (χ3v) is 2.73. The minimum atomic E-state index is -0.0826. The van der Waals surface area contributed by atoms with Crippen LogP contribution in [0.25, 0.3) is 5.57 Å². The van der Waals surface area contributed by atoms with Crippen molar-refractivity contribution in [3.8, 4) is 0 Å². The van der Waals surface area contributed by atoms with Gasteiger partial charge in [0.1, 0.15) is 0 Å². The molecule has 0 aliphatic heterocycles. The zero-order valence-electron chi connectivity index (χ0n) is 9.28. The van der Waals surface area contributed by atoms with E-state index in [-0.39, 0.29) is 11.6 Å². The first kappa shape index (κ1) is 10.6. The van der Waals surface area contributed by atoms with Crippen LogP contribution in [0.4, 0.5) is 0 Å². The molecule has 0 N–H and O–H groups in total. The van der Waals surface area contributed by atoms with E-state index in [4.69, 9.17) is 0 Å². The molecular weight excluding hydrogens is 200 g/mol. The van der Waals surface area contributed by atoms with Crippen molar-refractivity contribution in [3.05, 3.63) is 53.1 Å². The van der Waals surface area contributed by atoms with Crippen molar-refractivity contribution in [1.29, 1.82) is 0 Å². The van der Waals surface area contributed by atoms with Gasteiger partial charge in [-0.1, -0.05) is 30.3 Å². The minimum Gasteiger partial charge on any atom is -0.289 e. The Morgan fingerprint density at radius 3 is 2.19 bits per heavy atom. The summed E-state index contributed by atoms with van der Waals surface area (Å²) in [5.74, 6) is -0.126. The van der Waals surface area contributed by atoms with Gasteiger partial charge in [-0.3, -0.25) is 9.59 Å². The fourth-order valence-electron chi connectivity index (χ4n) is 1.89.